The van der Waals surface area contributed by atoms with E-state index in [2.05, 4.69) is 15.0 Å². The zero-order valence-electron chi connectivity index (χ0n) is 17.9. The molecule has 9 nitrogen and oxygen atoms in total. The van der Waals surface area contributed by atoms with Crippen molar-refractivity contribution in [1.82, 2.24) is 24.1 Å². The van der Waals surface area contributed by atoms with Crippen LogP contribution in [0.2, 0.25) is 5.02 Å². The van der Waals surface area contributed by atoms with Crippen LogP contribution in [0.3, 0.4) is 0 Å². The molecular formula is C22H22ClN5O4S. The molecule has 0 aliphatic heterocycles. The number of aromatic nitrogens is 5. The summed E-state index contributed by atoms with van der Waals surface area (Å²) in [5, 5.41) is 1.18. The second-order valence-electron chi connectivity index (χ2n) is 8.27. The van der Waals surface area contributed by atoms with Crippen molar-refractivity contribution in [2.45, 2.75) is 31.8 Å². The van der Waals surface area contributed by atoms with E-state index in [0.29, 0.717) is 34.1 Å². The predicted octanol–water partition coefficient (Wildman–Crippen LogP) is 2.99. The minimum Gasteiger partial charge on any atom is -0.477 e. The normalized spacial score (nSPS) is 14.2. The third kappa shape index (κ3) is 4.58. The van der Waals surface area contributed by atoms with Crippen molar-refractivity contribution in [3.05, 3.63) is 58.0 Å². The highest BCUT2D eigenvalue weighted by Crippen LogP contribution is 2.36. The van der Waals surface area contributed by atoms with Crippen molar-refractivity contribution < 1.29 is 13.2 Å². The van der Waals surface area contributed by atoms with E-state index in [1.54, 1.807) is 35.2 Å². The average Bonchev–Trinajstić information content (AvgIpc) is 3.55. The molecule has 1 aliphatic carbocycles. The number of imidazole rings is 1. The first-order valence-electron chi connectivity index (χ1n) is 10.6. The number of rotatable bonds is 8. The van der Waals surface area contributed by atoms with Crippen LogP contribution in [-0.2, 0) is 16.4 Å². The molecule has 1 saturated carbocycles. The number of nitrogens with zero attached hydrogens (tertiary/aromatic N) is 5. The van der Waals surface area contributed by atoms with Gasteiger partial charge in [-0.3, -0.25) is 14.1 Å². The van der Waals surface area contributed by atoms with Crippen LogP contribution in [0.25, 0.3) is 21.9 Å². The minimum atomic E-state index is -3.08. The molecule has 0 saturated heterocycles. The summed E-state index contributed by atoms with van der Waals surface area (Å²) < 4.78 is 32.1. The van der Waals surface area contributed by atoms with Gasteiger partial charge in [0.05, 0.1) is 47.0 Å². The van der Waals surface area contributed by atoms with Crippen molar-refractivity contribution in [2.24, 2.45) is 0 Å². The van der Waals surface area contributed by atoms with E-state index >= 15 is 0 Å². The van der Waals surface area contributed by atoms with E-state index < -0.39 is 9.84 Å². The fourth-order valence-corrected chi connectivity index (χ4v) is 4.71. The van der Waals surface area contributed by atoms with Crippen LogP contribution in [0.15, 0.2) is 41.5 Å². The summed E-state index contributed by atoms with van der Waals surface area (Å²) in [6.07, 6.45) is 6.86. The zero-order valence-corrected chi connectivity index (χ0v) is 19.5. The highest BCUT2D eigenvalue weighted by Gasteiger charge is 2.29. The lowest BCUT2D eigenvalue weighted by atomic mass is 10.2. The molecule has 0 atom stereocenters. The number of hydrogen-bond acceptors (Lipinski definition) is 7. The van der Waals surface area contributed by atoms with Crippen molar-refractivity contribution in [1.29, 1.82) is 0 Å². The average molecular weight is 488 g/mol. The Morgan fingerprint density at radius 1 is 1.18 bits per heavy atom. The van der Waals surface area contributed by atoms with Gasteiger partial charge in [0.25, 0.3) is 0 Å². The molecule has 0 amide bonds. The molecule has 172 valence electrons. The molecule has 0 bridgehead atoms. The van der Waals surface area contributed by atoms with E-state index in [0.717, 1.165) is 23.9 Å². The third-order valence-electron chi connectivity index (χ3n) is 5.55. The fourth-order valence-electron chi connectivity index (χ4n) is 3.90. The number of ether oxygens (including phenoxy) is 1. The quantitative estimate of drug-likeness (QED) is 0.351. The summed E-state index contributed by atoms with van der Waals surface area (Å²) in [6, 6.07) is 7.26. The van der Waals surface area contributed by atoms with Crippen molar-refractivity contribution in [3.8, 4) is 5.88 Å². The number of pyridine rings is 1. The van der Waals surface area contributed by atoms with Gasteiger partial charge in [0.15, 0.2) is 5.82 Å². The summed E-state index contributed by atoms with van der Waals surface area (Å²) in [6.45, 7) is 0.328. The second kappa shape index (κ2) is 8.42. The molecule has 1 aromatic carbocycles. The molecule has 3 aromatic heterocycles. The largest absolute Gasteiger partial charge is 0.477 e. The number of hydrogen-bond donors (Lipinski definition) is 0. The SMILES string of the molecule is CS(=O)(=O)CCCOc1nc(Cn2c(=O)n(C3CC3)c3ccncc32)nc2cc(Cl)ccc12. The van der Waals surface area contributed by atoms with E-state index in [-0.39, 0.29) is 30.6 Å². The maximum absolute atomic E-state index is 13.2. The Kier molecular flexibility index (Phi) is 5.57. The fraction of sp³-hybridized carbons (Fsp3) is 0.364. The van der Waals surface area contributed by atoms with Crippen molar-refractivity contribution >= 4 is 43.4 Å². The highest BCUT2D eigenvalue weighted by molar-refractivity contribution is 7.90. The van der Waals surface area contributed by atoms with Crippen molar-refractivity contribution in [3.63, 3.8) is 0 Å². The summed E-state index contributed by atoms with van der Waals surface area (Å²) in [5.41, 5.74) is 2.03. The first-order valence-corrected chi connectivity index (χ1v) is 13.1. The van der Waals surface area contributed by atoms with Gasteiger partial charge in [-0.05, 0) is 43.5 Å². The summed E-state index contributed by atoms with van der Waals surface area (Å²) in [7, 11) is -3.08. The standard InChI is InChI=1S/C22H22ClN5O4S/c1-33(30,31)10-2-9-32-21-16-6-3-14(23)11-17(16)25-20(26-21)13-27-19-12-24-8-7-18(19)28(22(27)29)15-4-5-15/h3,6-8,11-12,15H,2,4-5,9-10,13H2,1H3. The molecule has 0 spiro atoms. The van der Waals surface area contributed by atoms with Gasteiger partial charge in [0.1, 0.15) is 9.84 Å². The van der Waals surface area contributed by atoms with E-state index in [9.17, 15) is 13.2 Å². The van der Waals surface area contributed by atoms with Crippen LogP contribution < -0.4 is 10.4 Å². The monoisotopic (exact) mass is 487 g/mol. The molecule has 33 heavy (non-hydrogen) atoms. The Morgan fingerprint density at radius 2 is 2.00 bits per heavy atom. The first-order chi connectivity index (χ1) is 15.8. The number of benzene rings is 1. The minimum absolute atomic E-state index is 0.0256. The Balaban J connectivity index is 1.52. The smallest absolute Gasteiger partial charge is 0.329 e. The van der Waals surface area contributed by atoms with Gasteiger partial charge in [0, 0.05) is 23.5 Å². The summed E-state index contributed by atoms with van der Waals surface area (Å²) in [5.74, 6) is 0.749. The maximum Gasteiger partial charge on any atom is 0.329 e. The van der Waals surface area contributed by atoms with E-state index in [1.807, 2.05) is 10.6 Å². The number of halogens is 1. The van der Waals surface area contributed by atoms with Gasteiger partial charge >= 0.3 is 5.69 Å². The van der Waals surface area contributed by atoms with Crippen LogP contribution >= 0.6 is 11.6 Å². The molecule has 0 radical (unpaired) electrons. The topological polar surface area (TPSA) is 109 Å². The van der Waals surface area contributed by atoms with Crippen LogP contribution in [0.4, 0.5) is 0 Å². The van der Waals surface area contributed by atoms with Gasteiger partial charge in [-0.2, -0.15) is 4.98 Å². The van der Waals surface area contributed by atoms with Gasteiger partial charge in [-0.1, -0.05) is 11.6 Å². The Bertz CT molecular complexity index is 1530. The first kappa shape index (κ1) is 21.8. The van der Waals surface area contributed by atoms with E-state index in [1.165, 1.54) is 6.26 Å². The lowest BCUT2D eigenvalue weighted by Crippen LogP contribution is -2.25. The molecule has 1 fully saturated rings. The Labute approximate surface area is 194 Å². The van der Waals surface area contributed by atoms with Gasteiger partial charge in [-0.25, -0.2) is 18.2 Å². The molecule has 0 N–H and O–H groups in total. The van der Waals surface area contributed by atoms with E-state index in [4.69, 9.17) is 16.3 Å². The van der Waals surface area contributed by atoms with Gasteiger partial charge < -0.3 is 4.74 Å². The van der Waals surface area contributed by atoms with Crippen LogP contribution in [0.5, 0.6) is 5.88 Å². The Hall–Kier alpha value is -2.98. The zero-order chi connectivity index (χ0) is 23.2. The molecule has 3 heterocycles. The third-order valence-corrected chi connectivity index (χ3v) is 6.81. The van der Waals surface area contributed by atoms with Gasteiger partial charge in [0.2, 0.25) is 5.88 Å². The predicted molar refractivity (Wildman–Crippen MR) is 126 cm³/mol. The van der Waals surface area contributed by atoms with Gasteiger partial charge in [-0.15, -0.1) is 0 Å². The highest BCUT2D eigenvalue weighted by atomic mass is 35.5. The molecular weight excluding hydrogens is 466 g/mol. The number of sulfone groups is 1. The lowest BCUT2D eigenvalue weighted by Gasteiger charge is -2.11. The number of fused-ring (bicyclic) bond motifs is 2. The van der Waals surface area contributed by atoms with Crippen LogP contribution in [-0.4, -0.2) is 51.1 Å². The lowest BCUT2D eigenvalue weighted by molar-refractivity contribution is 0.308. The molecule has 11 heteroatoms. The molecule has 5 rings (SSSR count). The maximum atomic E-state index is 13.2. The molecule has 4 aromatic rings. The van der Waals surface area contributed by atoms with Crippen LogP contribution in [0.1, 0.15) is 31.1 Å². The Morgan fingerprint density at radius 3 is 2.76 bits per heavy atom. The molecule has 0 unspecified atom stereocenters. The summed E-state index contributed by atoms with van der Waals surface area (Å²) in [4.78, 5) is 26.6. The molecule has 1 aliphatic rings. The van der Waals surface area contributed by atoms with Crippen molar-refractivity contribution in [2.75, 3.05) is 18.6 Å². The second-order valence-corrected chi connectivity index (χ2v) is 11.0. The van der Waals surface area contributed by atoms with Crippen LogP contribution in [0, 0.1) is 0 Å². The summed E-state index contributed by atoms with van der Waals surface area (Å²) >= 11 is 6.17.